The summed E-state index contributed by atoms with van der Waals surface area (Å²) >= 11 is 0. The fourth-order valence-electron chi connectivity index (χ4n) is 2.03. The number of hydrogen-bond donors (Lipinski definition) is 2. The van der Waals surface area contributed by atoms with E-state index in [0.717, 1.165) is 49.7 Å². The molecule has 1 saturated heterocycles. The normalized spacial score (nSPS) is 20.2. The van der Waals surface area contributed by atoms with Crippen molar-refractivity contribution >= 4 is 11.5 Å². The maximum absolute atomic E-state index is 6.08. The topological polar surface area (TPSA) is 65.1 Å². The number of nitrogens with zero attached hydrogens (tertiary/aromatic N) is 2. The van der Waals surface area contributed by atoms with Gasteiger partial charge in [-0.3, -0.25) is 4.68 Å². The number of nitrogen functional groups attached to an aromatic ring is 1. The van der Waals surface area contributed by atoms with E-state index in [2.05, 4.69) is 17.3 Å². The van der Waals surface area contributed by atoms with Crippen LogP contribution in [0.4, 0.5) is 11.5 Å². The lowest BCUT2D eigenvalue weighted by molar-refractivity contribution is 0.195. The largest absolute Gasteiger partial charge is 0.394 e. The molecule has 16 heavy (non-hydrogen) atoms. The van der Waals surface area contributed by atoms with Crippen LogP contribution in [-0.4, -0.2) is 29.0 Å². The molecule has 0 bridgehead atoms. The van der Waals surface area contributed by atoms with E-state index in [0.29, 0.717) is 6.04 Å². The summed E-state index contributed by atoms with van der Waals surface area (Å²) in [5.41, 5.74) is 7.86. The molecule has 1 atom stereocenters. The number of hydrogen-bond acceptors (Lipinski definition) is 4. The molecule has 90 valence electrons. The molecule has 1 aromatic rings. The molecule has 0 aromatic carbocycles. The summed E-state index contributed by atoms with van der Waals surface area (Å²) in [5, 5.41) is 7.84. The molecule has 0 spiro atoms. The highest BCUT2D eigenvalue weighted by Gasteiger charge is 2.19. The zero-order valence-corrected chi connectivity index (χ0v) is 9.99. The van der Waals surface area contributed by atoms with Gasteiger partial charge < -0.3 is 15.8 Å². The van der Waals surface area contributed by atoms with Crippen LogP contribution in [0.5, 0.6) is 0 Å². The average Bonchev–Trinajstić information content (AvgIpc) is 2.84. The summed E-state index contributed by atoms with van der Waals surface area (Å²) in [6.07, 6.45) is 3.03. The lowest BCUT2D eigenvalue weighted by Crippen LogP contribution is -2.21. The van der Waals surface area contributed by atoms with Gasteiger partial charge in [-0.2, -0.15) is 5.10 Å². The Labute approximate surface area is 96.0 Å². The molecular weight excluding hydrogens is 204 g/mol. The van der Waals surface area contributed by atoms with Gasteiger partial charge in [0.25, 0.3) is 0 Å². The predicted octanol–water partition coefficient (Wildman–Crippen LogP) is 1.16. The average molecular weight is 224 g/mol. The molecule has 1 unspecified atom stereocenters. The summed E-state index contributed by atoms with van der Waals surface area (Å²) in [4.78, 5) is 0. The second-order valence-corrected chi connectivity index (χ2v) is 4.29. The molecule has 2 rings (SSSR count). The van der Waals surface area contributed by atoms with Gasteiger partial charge in [0.15, 0.2) is 0 Å². The molecule has 5 heteroatoms. The number of anilines is 2. The Morgan fingerprint density at radius 1 is 1.62 bits per heavy atom. The minimum absolute atomic E-state index is 0.368. The van der Waals surface area contributed by atoms with E-state index in [9.17, 15) is 0 Å². The zero-order valence-electron chi connectivity index (χ0n) is 9.99. The Morgan fingerprint density at radius 3 is 3.06 bits per heavy atom. The van der Waals surface area contributed by atoms with Crippen LogP contribution in [0.1, 0.15) is 25.5 Å². The summed E-state index contributed by atoms with van der Waals surface area (Å²) < 4.78 is 7.16. The van der Waals surface area contributed by atoms with Gasteiger partial charge >= 0.3 is 0 Å². The summed E-state index contributed by atoms with van der Waals surface area (Å²) in [6, 6.07) is 0.368. The van der Waals surface area contributed by atoms with Crippen LogP contribution in [0.15, 0.2) is 0 Å². The first-order valence-corrected chi connectivity index (χ1v) is 5.88. The van der Waals surface area contributed by atoms with Gasteiger partial charge in [-0.1, -0.05) is 13.3 Å². The monoisotopic (exact) mass is 224 g/mol. The zero-order chi connectivity index (χ0) is 11.5. The Balaban J connectivity index is 2.12. The van der Waals surface area contributed by atoms with Crippen molar-refractivity contribution in [2.24, 2.45) is 7.05 Å². The summed E-state index contributed by atoms with van der Waals surface area (Å²) in [5.74, 6) is 0.930. The molecule has 2 heterocycles. The highest BCUT2D eigenvalue weighted by atomic mass is 16.5. The van der Waals surface area contributed by atoms with E-state index in [1.807, 2.05) is 11.7 Å². The van der Waals surface area contributed by atoms with Crippen LogP contribution in [0.3, 0.4) is 0 Å². The third-order valence-electron chi connectivity index (χ3n) is 2.92. The van der Waals surface area contributed by atoms with Gasteiger partial charge in [-0.05, 0) is 12.8 Å². The maximum atomic E-state index is 6.08. The highest BCUT2D eigenvalue weighted by Crippen LogP contribution is 2.24. The Bertz CT molecular complexity index is 355. The van der Waals surface area contributed by atoms with Gasteiger partial charge in [0.2, 0.25) is 0 Å². The lowest BCUT2D eigenvalue weighted by Gasteiger charge is -2.12. The highest BCUT2D eigenvalue weighted by molar-refractivity contribution is 5.65. The van der Waals surface area contributed by atoms with Crippen molar-refractivity contribution in [3.05, 3.63) is 5.69 Å². The fourth-order valence-corrected chi connectivity index (χ4v) is 2.03. The molecule has 1 aromatic heterocycles. The molecule has 1 fully saturated rings. The van der Waals surface area contributed by atoms with Crippen LogP contribution < -0.4 is 11.1 Å². The summed E-state index contributed by atoms with van der Waals surface area (Å²) in [7, 11) is 1.92. The van der Waals surface area contributed by atoms with Crippen molar-refractivity contribution in [1.29, 1.82) is 0 Å². The number of nitrogens with two attached hydrogens (primary N) is 1. The Morgan fingerprint density at radius 2 is 2.44 bits per heavy atom. The molecule has 3 N–H and O–H groups in total. The lowest BCUT2D eigenvalue weighted by atomic mass is 10.2. The molecule has 0 amide bonds. The first kappa shape index (κ1) is 11.3. The Kier molecular flexibility index (Phi) is 3.33. The quantitative estimate of drug-likeness (QED) is 0.805. The van der Waals surface area contributed by atoms with Crippen LogP contribution in [0.25, 0.3) is 0 Å². The Hall–Kier alpha value is -1.23. The first-order valence-electron chi connectivity index (χ1n) is 5.88. The number of ether oxygens (including phenoxy) is 1. The minimum Gasteiger partial charge on any atom is -0.394 e. The molecule has 1 aliphatic heterocycles. The second-order valence-electron chi connectivity index (χ2n) is 4.29. The van der Waals surface area contributed by atoms with E-state index in [1.54, 1.807) is 0 Å². The first-order chi connectivity index (χ1) is 7.72. The van der Waals surface area contributed by atoms with E-state index in [-0.39, 0.29) is 0 Å². The molecule has 1 aliphatic rings. The van der Waals surface area contributed by atoms with E-state index in [1.165, 1.54) is 0 Å². The van der Waals surface area contributed by atoms with Crippen molar-refractivity contribution in [1.82, 2.24) is 9.78 Å². The second kappa shape index (κ2) is 4.74. The predicted molar refractivity (Wildman–Crippen MR) is 64.5 cm³/mol. The van der Waals surface area contributed by atoms with Gasteiger partial charge in [0.05, 0.1) is 24.0 Å². The fraction of sp³-hybridized carbons (Fsp3) is 0.727. The molecule has 0 saturated carbocycles. The van der Waals surface area contributed by atoms with E-state index >= 15 is 0 Å². The molecular formula is C11H20N4O. The molecule has 5 nitrogen and oxygen atoms in total. The number of nitrogens with one attached hydrogen (secondary N) is 1. The van der Waals surface area contributed by atoms with Crippen molar-refractivity contribution in [2.45, 2.75) is 32.2 Å². The standard InChI is InChI=1S/C11H20N4O/c1-3-4-9-10(12)11(15(2)14-9)13-8-5-6-16-7-8/h8,13H,3-7,12H2,1-2H3. The van der Waals surface area contributed by atoms with Crippen LogP contribution in [0, 0.1) is 0 Å². The van der Waals surface area contributed by atoms with Crippen LogP contribution in [0.2, 0.25) is 0 Å². The number of rotatable bonds is 4. The molecule has 0 radical (unpaired) electrons. The molecule has 0 aliphatic carbocycles. The third kappa shape index (κ3) is 2.14. The van der Waals surface area contributed by atoms with Gasteiger partial charge in [0.1, 0.15) is 5.82 Å². The van der Waals surface area contributed by atoms with Crippen LogP contribution >= 0.6 is 0 Å². The maximum Gasteiger partial charge on any atom is 0.148 e. The van der Waals surface area contributed by atoms with E-state index < -0.39 is 0 Å². The number of aryl methyl sites for hydroxylation is 2. The minimum atomic E-state index is 0.368. The number of aromatic nitrogens is 2. The third-order valence-corrected chi connectivity index (χ3v) is 2.92. The van der Waals surface area contributed by atoms with Gasteiger partial charge in [-0.15, -0.1) is 0 Å². The van der Waals surface area contributed by atoms with Gasteiger partial charge in [-0.25, -0.2) is 0 Å². The van der Waals surface area contributed by atoms with Crippen molar-refractivity contribution < 1.29 is 4.74 Å². The van der Waals surface area contributed by atoms with Crippen molar-refractivity contribution in [2.75, 3.05) is 24.3 Å². The van der Waals surface area contributed by atoms with Crippen LogP contribution in [-0.2, 0) is 18.2 Å². The van der Waals surface area contributed by atoms with Crippen molar-refractivity contribution in [3.63, 3.8) is 0 Å². The van der Waals surface area contributed by atoms with Crippen molar-refractivity contribution in [3.8, 4) is 0 Å². The van der Waals surface area contributed by atoms with Gasteiger partial charge in [0, 0.05) is 13.7 Å². The smallest absolute Gasteiger partial charge is 0.148 e. The SMILES string of the molecule is CCCc1nn(C)c(NC2CCOC2)c1N. The van der Waals surface area contributed by atoms with E-state index in [4.69, 9.17) is 10.5 Å². The summed E-state index contributed by atoms with van der Waals surface area (Å²) in [6.45, 7) is 3.72.